The lowest BCUT2D eigenvalue weighted by Crippen LogP contribution is -2.53. The molecule has 0 aromatic heterocycles. The standard InChI is InChI=1S/C47H66N2O5Si2/c1-37-19-23-41(24-20-37)33-48-43(31-39-15-11-9-12-16-39)45(53-35-51-27-29-55(3,4)5)46(54-36-52-28-30-56(6,7)8)44(32-40-17-13-10-14-18-40)49(47(48)50)34-42-25-21-38(2)22-26-42/h9-26,43-46H,27-36H2,1-8H3/t43-,44-,45+,46+/m1/s1. The Bertz CT molecular complexity index is 1620. The van der Waals surface area contributed by atoms with E-state index in [1.807, 2.05) is 21.9 Å². The lowest BCUT2D eigenvalue weighted by Gasteiger charge is -2.38. The Kier molecular flexibility index (Phi) is 16.1. The highest BCUT2D eigenvalue weighted by Gasteiger charge is 2.49. The average molecular weight is 795 g/mol. The van der Waals surface area contributed by atoms with Crippen molar-refractivity contribution < 1.29 is 23.7 Å². The van der Waals surface area contributed by atoms with Gasteiger partial charge in [0.05, 0.1) is 12.1 Å². The summed E-state index contributed by atoms with van der Waals surface area (Å²) in [5, 5.41) is 0. The van der Waals surface area contributed by atoms with Gasteiger partial charge in [0, 0.05) is 42.5 Å². The lowest BCUT2D eigenvalue weighted by molar-refractivity contribution is -0.188. The lowest BCUT2D eigenvalue weighted by atomic mass is 9.90. The molecule has 0 unspecified atom stereocenters. The third-order valence-corrected chi connectivity index (χ3v) is 14.0. The summed E-state index contributed by atoms with van der Waals surface area (Å²) in [5.74, 6) is 0. The molecule has 9 heteroatoms. The number of ether oxygens (including phenoxy) is 4. The fourth-order valence-corrected chi connectivity index (χ4v) is 8.61. The topological polar surface area (TPSA) is 60.5 Å². The summed E-state index contributed by atoms with van der Waals surface area (Å²) >= 11 is 0. The minimum absolute atomic E-state index is 0.0352. The number of carbonyl (C=O) groups excluding carboxylic acids is 1. The van der Waals surface area contributed by atoms with E-state index in [9.17, 15) is 0 Å². The van der Waals surface area contributed by atoms with Crippen molar-refractivity contribution in [2.45, 2.75) is 115 Å². The van der Waals surface area contributed by atoms with Gasteiger partial charge in [0.2, 0.25) is 0 Å². The van der Waals surface area contributed by atoms with Crippen LogP contribution in [0.3, 0.4) is 0 Å². The molecule has 7 nitrogen and oxygen atoms in total. The highest BCUT2D eigenvalue weighted by molar-refractivity contribution is 6.76. The number of nitrogens with zero attached hydrogens (tertiary/aromatic N) is 2. The van der Waals surface area contributed by atoms with E-state index < -0.39 is 28.4 Å². The third kappa shape index (κ3) is 13.8. The van der Waals surface area contributed by atoms with Crippen LogP contribution >= 0.6 is 0 Å². The van der Waals surface area contributed by atoms with E-state index in [1.54, 1.807) is 0 Å². The summed E-state index contributed by atoms with van der Waals surface area (Å²) in [4.78, 5) is 19.7. The van der Waals surface area contributed by atoms with Crippen LogP contribution in [-0.4, -0.2) is 83.1 Å². The molecule has 1 aliphatic rings. The molecule has 0 bridgehead atoms. The molecule has 0 spiro atoms. The maximum atomic E-state index is 15.6. The maximum absolute atomic E-state index is 15.6. The number of hydrogen-bond donors (Lipinski definition) is 0. The van der Waals surface area contributed by atoms with E-state index in [2.05, 4.69) is 150 Å². The summed E-state index contributed by atoms with van der Waals surface area (Å²) in [5.41, 5.74) is 6.75. The largest absolute Gasteiger partial charge is 0.356 e. The SMILES string of the molecule is Cc1ccc(CN2C(=O)N(Cc3ccc(C)cc3)[C@H](Cc3ccccc3)[C@H](OCOCC[Si](C)(C)C)[C@@H](OCOCC[Si](C)(C)C)[C@H]2Cc2ccccc2)cc1. The van der Waals surface area contributed by atoms with Crippen LogP contribution in [-0.2, 0) is 44.9 Å². The molecule has 4 aromatic rings. The molecule has 302 valence electrons. The van der Waals surface area contributed by atoms with Crippen LogP contribution in [0.1, 0.15) is 33.4 Å². The number of urea groups is 1. The molecule has 1 heterocycles. The Morgan fingerprint density at radius 1 is 0.500 bits per heavy atom. The van der Waals surface area contributed by atoms with Gasteiger partial charge in [0.1, 0.15) is 25.8 Å². The minimum atomic E-state index is -1.32. The number of rotatable bonds is 20. The number of amides is 2. The number of benzene rings is 4. The number of aryl methyl sites for hydroxylation is 2. The Morgan fingerprint density at radius 2 is 0.857 bits per heavy atom. The predicted octanol–water partition coefficient (Wildman–Crippen LogP) is 10.4. The van der Waals surface area contributed by atoms with E-state index >= 15 is 4.79 Å². The number of carbonyl (C=O) groups is 1. The zero-order valence-corrected chi connectivity index (χ0v) is 37.2. The summed E-state index contributed by atoms with van der Waals surface area (Å²) in [6, 6.07) is 39.2. The van der Waals surface area contributed by atoms with Crippen LogP contribution < -0.4 is 0 Å². The van der Waals surface area contributed by atoms with Gasteiger partial charge in [-0.15, -0.1) is 0 Å². The van der Waals surface area contributed by atoms with Crippen molar-refractivity contribution in [3.8, 4) is 0 Å². The summed E-state index contributed by atoms with van der Waals surface area (Å²) < 4.78 is 26.6. The fourth-order valence-electron chi connectivity index (χ4n) is 7.10. The minimum Gasteiger partial charge on any atom is -0.356 e. The van der Waals surface area contributed by atoms with Crippen LogP contribution in [0.4, 0.5) is 4.79 Å². The molecule has 1 fully saturated rings. The van der Waals surface area contributed by atoms with Crippen molar-refractivity contribution in [2.24, 2.45) is 0 Å². The average Bonchev–Trinajstić information content (AvgIpc) is 3.23. The Hall–Kier alpha value is -3.58. The summed E-state index contributed by atoms with van der Waals surface area (Å²) in [6.45, 7) is 20.7. The first-order valence-corrected chi connectivity index (χ1v) is 27.8. The van der Waals surface area contributed by atoms with Crippen LogP contribution in [0.5, 0.6) is 0 Å². The van der Waals surface area contributed by atoms with Crippen molar-refractivity contribution in [2.75, 3.05) is 26.8 Å². The van der Waals surface area contributed by atoms with Crippen molar-refractivity contribution in [3.05, 3.63) is 143 Å². The quantitative estimate of drug-likeness (QED) is 0.0507. The third-order valence-electron chi connectivity index (χ3n) is 10.6. The molecular weight excluding hydrogens is 729 g/mol. The molecule has 0 aliphatic carbocycles. The van der Waals surface area contributed by atoms with E-state index in [0.29, 0.717) is 39.1 Å². The molecule has 4 atom stereocenters. The summed E-state index contributed by atoms with van der Waals surface area (Å²) in [7, 11) is -2.64. The van der Waals surface area contributed by atoms with Crippen molar-refractivity contribution in [1.29, 1.82) is 0 Å². The molecule has 0 saturated carbocycles. The summed E-state index contributed by atoms with van der Waals surface area (Å²) in [6.07, 6.45) is 0.109. The first kappa shape index (κ1) is 43.5. The van der Waals surface area contributed by atoms with Crippen LogP contribution in [0.25, 0.3) is 0 Å². The van der Waals surface area contributed by atoms with E-state index in [4.69, 9.17) is 18.9 Å². The maximum Gasteiger partial charge on any atom is 0.321 e. The van der Waals surface area contributed by atoms with Gasteiger partial charge in [-0.25, -0.2) is 4.79 Å². The van der Waals surface area contributed by atoms with Crippen LogP contribution in [0.2, 0.25) is 51.4 Å². The Labute approximate surface area is 339 Å². The van der Waals surface area contributed by atoms with Gasteiger partial charge in [-0.3, -0.25) is 0 Å². The van der Waals surface area contributed by atoms with Gasteiger partial charge in [-0.1, -0.05) is 160 Å². The monoisotopic (exact) mass is 794 g/mol. The first-order valence-electron chi connectivity index (χ1n) is 20.4. The molecule has 56 heavy (non-hydrogen) atoms. The fraction of sp³-hybridized carbons (Fsp3) is 0.468. The molecule has 1 aliphatic heterocycles. The van der Waals surface area contributed by atoms with Crippen LogP contribution in [0, 0.1) is 13.8 Å². The van der Waals surface area contributed by atoms with Gasteiger partial charge in [-0.2, -0.15) is 0 Å². The molecule has 4 aromatic carbocycles. The second kappa shape index (κ2) is 20.7. The van der Waals surface area contributed by atoms with Crippen molar-refractivity contribution >= 4 is 22.2 Å². The molecule has 0 radical (unpaired) electrons. The van der Waals surface area contributed by atoms with Gasteiger partial charge in [0.25, 0.3) is 0 Å². The van der Waals surface area contributed by atoms with E-state index in [-0.39, 0.29) is 31.7 Å². The van der Waals surface area contributed by atoms with E-state index in [0.717, 1.165) is 34.3 Å². The van der Waals surface area contributed by atoms with E-state index in [1.165, 1.54) is 11.1 Å². The van der Waals surface area contributed by atoms with Crippen molar-refractivity contribution in [3.63, 3.8) is 0 Å². The molecule has 2 amide bonds. The predicted molar refractivity (Wildman–Crippen MR) is 234 cm³/mol. The first-order chi connectivity index (χ1) is 26.8. The highest BCUT2D eigenvalue weighted by Crippen LogP contribution is 2.33. The van der Waals surface area contributed by atoms with Gasteiger partial charge >= 0.3 is 6.03 Å². The molecule has 0 N–H and O–H groups in total. The zero-order valence-electron chi connectivity index (χ0n) is 35.2. The molecule has 1 saturated heterocycles. The Balaban J connectivity index is 1.64. The zero-order chi connectivity index (χ0) is 40.1. The van der Waals surface area contributed by atoms with Crippen LogP contribution in [0.15, 0.2) is 109 Å². The smallest absolute Gasteiger partial charge is 0.321 e. The highest BCUT2D eigenvalue weighted by atomic mass is 28.3. The van der Waals surface area contributed by atoms with Gasteiger partial charge in [-0.05, 0) is 61.0 Å². The van der Waals surface area contributed by atoms with Gasteiger partial charge in [0.15, 0.2) is 0 Å². The second-order valence-corrected chi connectivity index (χ2v) is 29.2. The molecule has 5 rings (SSSR count). The number of hydrogen-bond acceptors (Lipinski definition) is 5. The second-order valence-electron chi connectivity index (χ2n) is 18.0. The molecular formula is C47H66N2O5Si2. The normalized spacial score (nSPS) is 19.3. The van der Waals surface area contributed by atoms with Gasteiger partial charge < -0.3 is 28.7 Å². The van der Waals surface area contributed by atoms with Crippen molar-refractivity contribution in [1.82, 2.24) is 9.80 Å². The Morgan fingerprint density at radius 3 is 1.20 bits per heavy atom.